The molecule has 0 fully saturated rings. The van der Waals surface area contributed by atoms with Gasteiger partial charge >= 0.3 is 0 Å². The average Bonchev–Trinajstić information content (AvgIpc) is 2.28. The molecule has 0 N–H and O–H groups in total. The van der Waals surface area contributed by atoms with E-state index >= 15 is 0 Å². The van der Waals surface area contributed by atoms with Crippen molar-refractivity contribution in [1.29, 1.82) is 0 Å². The van der Waals surface area contributed by atoms with Crippen molar-refractivity contribution in [3.8, 4) is 0 Å². The van der Waals surface area contributed by atoms with Crippen molar-refractivity contribution in [2.75, 3.05) is 18.0 Å². The summed E-state index contributed by atoms with van der Waals surface area (Å²) in [4.78, 5) is 2.41. The quantitative estimate of drug-likeness (QED) is 0.713. The van der Waals surface area contributed by atoms with Crippen LogP contribution in [-0.2, 0) is 0 Å². The first-order chi connectivity index (χ1) is 7.27. The summed E-state index contributed by atoms with van der Waals surface area (Å²) < 4.78 is 0. The minimum Gasteiger partial charge on any atom is -0.372 e. The van der Waals surface area contributed by atoms with Crippen LogP contribution in [0.3, 0.4) is 0 Å². The van der Waals surface area contributed by atoms with Crippen molar-refractivity contribution in [1.82, 2.24) is 0 Å². The lowest BCUT2D eigenvalue weighted by Crippen LogP contribution is -2.23. The number of rotatable bonds is 4. The van der Waals surface area contributed by atoms with Crippen LogP contribution < -0.4 is 4.90 Å². The maximum Gasteiger partial charge on any atom is 0.0368 e. The minimum absolute atomic E-state index is 1.09. The zero-order valence-electron chi connectivity index (χ0n) is 10.9. The lowest BCUT2D eigenvalue weighted by atomic mass is 10.2. The van der Waals surface area contributed by atoms with Gasteiger partial charge in [-0.15, -0.1) is 0 Å². The summed E-state index contributed by atoms with van der Waals surface area (Å²) in [6, 6.07) is 8.71. The Morgan fingerprint density at radius 1 is 1.13 bits per heavy atom. The van der Waals surface area contributed by atoms with Gasteiger partial charge in [0.2, 0.25) is 0 Å². The van der Waals surface area contributed by atoms with Crippen molar-refractivity contribution in [2.45, 2.75) is 41.0 Å². The normalized spacial score (nSPS) is 9.13. The van der Waals surface area contributed by atoms with Gasteiger partial charge in [0.1, 0.15) is 0 Å². The standard InChI is InChI=1S/C12H19N.C2H6/c1-4-9-13(5-2)12-8-6-7-11(3)10-12;1-2/h6-8,10H,4-5,9H2,1-3H3;1-2H3. The Morgan fingerprint density at radius 3 is 2.27 bits per heavy atom. The first kappa shape index (κ1) is 14.0. The Hall–Kier alpha value is -0.980. The Balaban J connectivity index is 0.000000921. The molecule has 15 heavy (non-hydrogen) atoms. The molecule has 0 amide bonds. The van der Waals surface area contributed by atoms with Crippen LogP contribution in [-0.4, -0.2) is 13.1 Å². The molecule has 0 aliphatic carbocycles. The lowest BCUT2D eigenvalue weighted by Gasteiger charge is -2.22. The molecule has 1 nitrogen and oxygen atoms in total. The van der Waals surface area contributed by atoms with Crippen molar-refractivity contribution in [3.05, 3.63) is 29.8 Å². The maximum atomic E-state index is 2.41. The van der Waals surface area contributed by atoms with E-state index in [0.29, 0.717) is 0 Å². The highest BCUT2D eigenvalue weighted by Gasteiger charge is 2.01. The van der Waals surface area contributed by atoms with Gasteiger partial charge in [0.05, 0.1) is 0 Å². The van der Waals surface area contributed by atoms with Crippen LogP contribution in [0.25, 0.3) is 0 Å². The van der Waals surface area contributed by atoms with Crippen molar-refractivity contribution in [3.63, 3.8) is 0 Å². The van der Waals surface area contributed by atoms with E-state index in [1.165, 1.54) is 17.7 Å². The SMILES string of the molecule is CC.CCCN(CC)c1cccc(C)c1. The minimum atomic E-state index is 1.09. The van der Waals surface area contributed by atoms with Gasteiger partial charge in [-0.1, -0.05) is 32.9 Å². The van der Waals surface area contributed by atoms with Gasteiger partial charge in [-0.25, -0.2) is 0 Å². The number of anilines is 1. The monoisotopic (exact) mass is 207 g/mol. The molecule has 0 radical (unpaired) electrons. The predicted octanol–water partition coefficient (Wildman–Crippen LogP) is 4.26. The highest BCUT2D eigenvalue weighted by atomic mass is 15.1. The van der Waals surface area contributed by atoms with E-state index in [2.05, 4.69) is 49.9 Å². The molecule has 0 heterocycles. The molecular formula is C14H25N. The first-order valence-corrected chi connectivity index (χ1v) is 6.09. The smallest absolute Gasteiger partial charge is 0.0368 e. The van der Waals surface area contributed by atoms with E-state index in [1.54, 1.807) is 0 Å². The average molecular weight is 207 g/mol. The van der Waals surface area contributed by atoms with Gasteiger partial charge in [0, 0.05) is 18.8 Å². The second kappa shape index (κ2) is 8.34. The fraction of sp³-hybridized carbons (Fsp3) is 0.571. The third-order valence-electron chi connectivity index (χ3n) is 2.24. The summed E-state index contributed by atoms with van der Waals surface area (Å²) in [6.45, 7) is 12.8. The van der Waals surface area contributed by atoms with Crippen LogP contribution in [0.4, 0.5) is 5.69 Å². The van der Waals surface area contributed by atoms with Gasteiger partial charge in [0.15, 0.2) is 0 Å². The van der Waals surface area contributed by atoms with Gasteiger partial charge in [-0.3, -0.25) is 0 Å². The van der Waals surface area contributed by atoms with Crippen molar-refractivity contribution >= 4 is 5.69 Å². The van der Waals surface area contributed by atoms with Gasteiger partial charge < -0.3 is 4.90 Å². The molecule has 1 aromatic carbocycles. The number of hydrogen-bond acceptors (Lipinski definition) is 1. The largest absolute Gasteiger partial charge is 0.372 e. The maximum absolute atomic E-state index is 2.41. The third-order valence-corrected chi connectivity index (χ3v) is 2.24. The molecule has 0 saturated carbocycles. The number of benzene rings is 1. The van der Waals surface area contributed by atoms with E-state index in [9.17, 15) is 0 Å². The molecule has 0 aliphatic heterocycles. The van der Waals surface area contributed by atoms with Gasteiger partial charge in [-0.2, -0.15) is 0 Å². The summed E-state index contributed by atoms with van der Waals surface area (Å²) in [5, 5.41) is 0. The summed E-state index contributed by atoms with van der Waals surface area (Å²) in [6.07, 6.45) is 1.21. The van der Waals surface area contributed by atoms with Crippen LogP contribution >= 0.6 is 0 Å². The molecule has 0 aromatic heterocycles. The zero-order chi connectivity index (χ0) is 11.7. The molecule has 0 atom stereocenters. The van der Waals surface area contributed by atoms with Gasteiger partial charge in [0.25, 0.3) is 0 Å². The lowest BCUT2D eigenvalue weighted by molar-refractivity contribution is 0.791. The van der Waals surface area contributed by atoms with Crippen molar-refractivity contribution < 1.29 is 0 Å². The first-order valence-electron chi connectivity index (χ1n) is 6.09. The van der Waals surface area contributed by atoms with E-state index in [4.69, 9.17) is 0 Å². The van der Waals surface area contributed by atoms with Crippen molar-refractivity contribution in [2.24, 2.45) is 0 Å². The number of nitrogens with zero attached hydrogens (tertiary/aromatic N) is 1. The van der Waals surface area contributed by atoms with E-state index < -0.39 is 0 Å². The van der Waals surface area contributed by atoms with E-state index in [0.717, 1.165) is 13.1 Å². The molecular weight excluding hydrogens is 182 g/mol. The molecule has 1 aromatic rings. The van der Waals surface area contributed by atoms with Crippen LogP contribution in [0, 0.1) is 6.92 Å². The second-order valence-corrected chi connectivity index (χ2v) is 3.42. The number of hydrogen-bond donors (Lipinski definition) is 0. The fourth-order valence-electron chi connectivity index (χ4n) is 1.56. The second-order valence-electron chi connectivity index (χ2n) is 3.42. The molecule has 0 unspecified atom stereocenters. The Morgan fingerprint density at radius 2 is 1.80 bits per heavy atom. The number of aryl methyl sites for hydroxylation is 1. The van der Waals surface area contributed by atoms with Crippen LogP contribution in [0.5, 0.6) is 0 Å². The fourth-order valence-corrected chi connectivity index (χ4v) is 1.56. The van der Waals surface area contributed by atoms with Crippen LogP contribution in [0.1, 0.15) is 39.7 Å². The predicted molar refractivity (Wildman–Crippen MR) is 70.7 cm³/mol. The molecule has 86 valence electrons. The molecule has 0 spiro atoms. The topological polar surface area (TPSA) is 3.24 Å². The highest BCUT2D eigenvalue weighted by Crippen LogP contribution is 2.15. The zero-order valence-corrected chi connectivity index (χ0v) is 10.9. The van der Waals surface area contributed by atoms with E-state index in [-0.39, 0.29) is 0 Å². The third kappa shape index (κ3) is 4.87. The van der Waals surface area contributed by atoms with Crippen LogP contribution in [0.15, 0.2) is 24.3 Å². The Labute approximate surface area is 95.1 Å². The molecule has 0 saturated heterocycles. The summed E-state index contributed by atoms with van der Waals surface area (Å²) >= 11 is 0. The molecule has 1 heteroatoms. The molecule has 1 rings (SSSR count). The molecule has 0 bridgehead atoms. The van der Waals surface area contributed by atoms with Crippen LogP contribution in [0.2, 0.25) is 0 Å². The molecule has 0 aliphatic rings. The van der Waals surface area contributed by atoms with Gasteiger partial charge in [-0.05, 0) is 38.0 Å². The highest BCUT2D eigenvalue weighted by molar-refractivity contribution is 5.48. The van der Waals surface area contributed by atoms with E-state index in [1.807, 2.05) is 13.8 Å². The summed E-state index contributed by atoms with van der Waals surface area (Å²) in [5.41, 5.74) is 2.69. The Kier molecular flexibility index (Phi) is 7.79. The summed E-state index contributed by atoms with van der Waals surface area (Å²) in [5.74, 6) is 0. The summed E-state index contributed by atoms with van der Waals surface area (Å²) in [7, 11) is 0. The Bertz CT molecular complexity index is 255.